The van der Waals surface area contributed by atoms with Crippen LogP contribution in [-0.2, 0) is 0 Å². The molecule has 2 N–H and O–H groups in total. The summed E-state index contributed by atoms with van der Waals surface area (Å²) in [7, 11) is 1.65. The van der Waals surface area contributed by atoms with E-state index in [1.54, 1.807) is 7.11 Å². The van der Waals surface area contributed by atoms with Crippen LogP contribution < -0.4 is 10.5 Å². The number of furan rings is 1. The lowest BCUT2D eigenvalue weighted by Gasteiger charge is -2.17. The van der Waals surface area contributed by atoms with Gasteiger partial charge in [-0.3, -0.25) is 4.79 Å². The number of hydrogen-bond acceptors (Lipinski definition) is 4. The number of nitrogens with zero attached hydrogens (tertiary/aromatic N) is 1. The molecule has 4 rings (SSSR count). The Labute approximate surface area is 164 Å². The molecule has 1 aliphatic heterocycles. The molecule has 0 aliphatic carbocycles. The van der Waals surface area contributed by atoms with Crippen molar-refractivity contribution in [3.63, 3.8) is 0 Å². The van der Waals surface area contributed by atoms with Gasteiger partial charge in [0.05, 0.1) is 12.7 Å². The molecule has 1 fully saturated rings. The number of amides is 1. The van der Waals surface area contributed by atoms with Crippen LogP contribution in [0.15, 0.2) is 65.1 Å². The maximum atomic E-state index is 13.3. The summed E-state index contributed by atoms with van der Waals surface area (Å²) in [6.45, 7) is 2.95. The molecule has 1 amide bonds. The van der Waals surface area contributed by atoms with E-state index in [0.29, 0.717) is 24.4 Å². The number of carbonyl (C=O) groups is 1. The van der Waals surface area contributed by atoms with Crippen LogP contribution in [0, 0.1) is 6.92 Å². The third kappa shape index (κ3) is 3.41. The van der Waals surface area contributed by atoms with Crippen LogP contribution in [0.5, 0.6) is 5.75 Å². The van der Waals surface area contributed by atoms with Crippen molar-refractivity contribution in [1.82, 2.24) is 4.90 Å². The zero-order chi connectivity index (χ0) is 19.7. The highest BCUT2D eigenvalue weighted by molar-refractivity contribution is 6.00. The molecule has 2 unspecified atom stereocenters. The van der Waals surface area contributed by atoms with Crippen LogP contribution in [0.1, 0.15) is 27.6 Å². The number of methoxy groups -OCH3 is 1. The largest absolute Gasteiger partial charge is 0.497 e. The van der Waals surface area contributed by atoms with Gasteiger partial charge >= 0.3 is 0 Å². The summed E-state index contributed by atoms with van der Waals surface area (Å²) in [5.74, 6) is 2.16. The second-order valence-electron chi connectivity index (χ2n) is 7.22. The second kappa shape index (κ2) is 7.52. The van der Waals surface area contributed by atoms with Gasteiger partial charge in [-0.25, -0.2) is 0 Å². The number of benzene rings is 2. The number of rotatable bonds is 4. The fraction of sp³-hybridized carbons (Fsp3) is 0.261. The first-order valence-corrected chi connectivity index (χ1v) is 9.41. The summed E-state index contributed by atoms with van der Waals surface area (Å²) >= 11 is 0. The molecule has 3 aromatic rings. The topological polar surface area (TPSA) is 68.7 Å². The highest BCUT2D eigenvalue weighted by Gasteiger charge is 2.36. The van der Waals surface area contributed by atoms with E-state index in [1.807, 2.05) is 72.5 Å². The van der Waals surface area contributed by atoms with E-state index in [9.17, 15) is 4.79 Å². The molecule has 1 aliphatic rings. The first-order valence-electron chi connectivity index (χ1n) is 9.41. The summed E-state index contributed by atoms with van der Waals surface area (Å²) in [4.78, 5) is 15.1. The molecule has 0 saturated carbocycles. The van der Waals surface area contributed by atoms with Crippen molar-refractivity contribution < 1.29 is 13.9 Å². The molecule has 5 heteroatoms. The van der Waals surface area contributed by atoms with Crippen molar-refractivity contribution in [3.8, 4) is 17.1 Å². The van der Waals surface area contributed by atoms with Crippen molar-refractivity contribution in [1.29, 1.82) is 0 Å². The standard InChI is InChI=1S/C23H24N2O3/c1-15-11-19(22(28-15)16-7-4-3-5-8-16)23(26)25-13-20(21(24)14-25)17-9-6-10-18(12-17)27-2/h3-12,20-21H,13-14,24H2,1-2H3. The first-order chi connectivity index (χ1) is 13.6. The molecular formula is C23H24N2O3. The third-order valence-electron chi connectivity index (χ3n) is 5.30. The number of likely N-dealkylation sites (tertiary alicyclic amines) is 1. The van der Waals surface area contributed by atoms with Crippen molar-refractivity contribution in [2.24, 2.45) is 5.73 Å². The Hall–Kier alpha value is -3.05. The minimum atomic E-state index is -0.121. The normalized spacial score (nSPS) is 19.0. The predicted molar refractivity (Wildman–Crippen MR) is 108 cm³/mol. The predicted octanol–water partition coefficient (Wildman–Crippen LogP) is 3.83. The lowest BCUT2D eigenvalue weighted by molar-refractivity contribution is 0.0789. The van der Waals surface area contributed by atoms with Crippen LogP contribution in [0.4, 0.5) is 0 Å². The van der Waals surface area contributed by atoms with Crippen LogP contribution in [-0.4, -0.2) is 37.0 Å². The maximum absolute atomic E-state index is 13.3. The SMILES string of the molecule is COc1cccc(C2CN(C(=O)c3cc(C)oc3-c3ccccc3)CC2N)c1. The fourth-order valence-electron chi connectivity index (χ4n) is 3.87. The maximum Gasteiger partial charge on any atom is 0.257 e. The number of carbonyl (C=O) groups excluding carboxylic acids is 1. The summed E-state index contributed by atoms with van der Waals surface area (Å²) < 4.78 is 11.2. The number of aryl methyl sites for hydroxylation is 1. The van der Waals surface area contributed by atoms with Gasteiger partial charge in [-0.05, 0) is 30.7 Å². The number of hydrogen-bond donors (Lipinski definition) is 1. The quantitative estimate of drug-likeness (QED) is 0.751. The highest BCUT2D eigenvalue weighted by atomic mass is 16.5. The van der Waals surface area contributed by atoms with E-state index in [1.165, 1.54) is 0 Å². The van der Waals surface area contributed by atoms with Crippen molar-refractivity contribution in [2.75, 3.05) is 20.2 Å². The van der Waals surface area contributed by atoms with E-state index in [2.05, 4.69) is 0 Å². The van der Waals surface area contributed by atoms with Gasteiger partial charge in [-0.2, -0.15) is 0 Å². The summed E-state index contributed by atoms with van der Waals surface area (Å²) in [5.41, 5.74) is 8.98. The molecule has 1 aromatic heterocycles. The number of ether oxygens (including phenoxy) is 1. The Morgan fingerprint density at radius 1 is 1.11 bits per heavy atom. The Kier molecular flexibility index (Phi) is 4.92. The van der Waals surface area contributed by atoms with Gasteiger partial charge in [0, 0.05) is 30.6 Å². The van der Waals surface area contributed by atoms with Gasteiger partial charge < -0.3 is 19.8 Å². The first kappa shape index (κ1) is 18.3. The summed E-state index contributed by atoms with van der Waals surface area (Å²) in [6.07, 6.45) is 0. The monoisotopic (exact) mass is 376 g/mol. The van der Waals surface area contributed by atoms with Gasteiger partial charge in [0.2, 0.25) is 0 Å². The van der Waals surface area contributed by atoms with Crippen molar-refractivity contribution in [2.45, 2.75) is 18.9 Å². The minimum absolute atomic E-state index is 0.0449. The fourth-order valence-corrected chi connectivity index (χ4v) is 3.87. The van der Waals surface area contributed by atoms with Gasteiger partial charge in [0.25, 0.3) is 5.91 Å². The lowest BCUT2D eigenvalue weighted by atomic mass is 9.95. The Morgan fingerprint density at radius 2 is 1.89 bits per heavy atom. The van der Waals surface area contributed by atoms with Crippen LogP contribution in [0.2, 0.25) is 0 Å². The molecule has 2 aromatic carbocycles. The van der Waals surface area contributed by atoms with Gasteiger partial charge in [-0.1, -0.05) is 42.5 Å². The molecule has 2 heterocycles. The van der Waals surface area contributed by atoms with E-state index in [0.717, 1.165) is 22.6 Å². The van der Waals surface area contributed by atoms with E-state index >= 15 is 0 Å². The molecule has 0 bridgehead atoms. The van der Waals surface area contributed by atoms with Gasteiger partial charge in [-0.15, -0.1) is 0 Å². The van der Waals surface area contributed by atoms with Crippen LogP contribution in [0.3, 0.4) is 0 Å². The Balaban J connectivity index is 1.60. The molecule has 144 valence electrons. The average Bonchev–Trinajstić information content (AvgIpc) is 3.31. The molecule has 1 saturated heterocycles. The Bertz CT molecular complexity index is 981. The lowest BCUT2D eigenvalue weighted by Crippen LogP contribution is -2.32. The molecule has 2 atom stereocenters. The van der Waals surface area contributed by atoms with Crippen molar-refractivity contribution >= 4 is 5.91 Å². The van der Waals surface area contributed by atoms with Gasteiger partial charge in [0.1, 0.15) is 17.3 Å². The van der Waals surface area contributed by atoms with Crippen LogP contribution >= 0.6 is 0 Å². The summed E-state index contributed by atoms with van der Waals surface area (Å²) in [5, 5.41) is 0. The van der Waals surface area contributed by atoms with E-state index in [4.69, 9.17) is 14.9 Å². The second-order valence-corrected chi connectivity index (χ2v) is 7.22. The highest BCUT2D eigenvalue weighted by Crippen LogP contribution is 2.33. The molecule has 5 nitrogen and oxygen atoms in total. The Morgan fingerprint density at radius 3 is 2.64 bits per heavy atom. The smallest absolute Gasteiger partial charge is 0.257 e. The van der Waals surface area contributed by atoms with Gasteiger partial charge in [0.15, 0.2) is 0 Å². The number of nitrogens with two attached hydrogens (primary N) is 1. The molecule has 28 heavy (non-hydrogen) atoms. The molecule has 0 radical (unpaired) electrons. The zero-order valence-electron chi connectivity index (χ0n) is 16.1. The third-order valence-corrected chi connectivity index (χ3v) is 5.30. The minimum Gasteiger partial charge on any atom is -0.497 e. The summed E-state index contributed by atoms with van der Waals surface area (Å²) in [6, 6.07) is 19.3. The molecular weight excluding hydrogens is 352 g/mol. The average molecular weight is 376 g/mol. The van der Waals surface area contributed by atoms with Crippen LogP contribution in [0.25, 0.3) is 11.3 Å². The van der Waals surface area contributed by atoms with E-state index in [-0.39, 0.29) is 17.9 Å². The van der Waals surface area contributed by atoms with Crippen molar-refractivity contribution in [3.05, 3.63) is 77.6 Å². The zero-order valence-corrected chi connectivity index (χ0v) is 16.1. The molecule has 0 spiro atoms. The van der Waals surface area contributed by atoms with E-state index < -0.39 is 0 Å².